The Labute approximate surface area is 175 Å². The molecule has 0 aromatic rings. The van der Waals surface area contributed by atoms with Gasteiger partial charge in [-0.3, -0.25) is 9.69 Å². The lowest BCUT2D eigenvalue weighted by atomic mass is 9.54. The highest BCUT2D eigenvalue weighted by atomic mass is 32.2. The predicted molar refractivity (Wildman–Crippen MR) is 113 cm³/mol. The third kappa shape index (κ3) is 4.11. The Morgan fingerprint density at radius 1 is 0.931 bits per heavy atom. The molecule has 4 aliphatic carbocycles. The van der Waals surface area contributed by atoms with Crippen LogP contribution in [0.1, 0.15) is 57.8 Å². The van der Waals surface area contributed by atoms with E-state index in [0.717, 1.165) is 62.4 Å². The Balaban J connectivity index is 1.16. The van der Waals surface area contributed by atoms with E-state index in [9.17, 15) is 13.2 Å². The molecule has 6 fully saturated rings. The molecule has 0 aromatic carbocycles. The third-order valence-electron chi connectivity index (χ3n) is 8.74. The van der Waals surface area contributed by atoms with Crippen molar-refractivity contribution in [2.45, 2.75) is 69.9 Å². The molecule has 0 radical (unpaired) electrons. The SMILES string of the molecule is CS(=O)(=O)N1CCC(CN2CCC[C@H]2C(=O)NC2C3CC4CC(C3)CC2C4)CC1. The van der Waals surface area contributed by atoms with Crippen molar-refractivity contribution in [3.05, 3.63) is 0 Å². The van der Waals surface area contributed by atoms with Crippen LogP contribution in [0.2, 0.25) is 0 Å². The molecule has 6 nitrogen and oxygen atoms in total. The number of piperidine rings is 1. The molecule has 6 aliphatic rings. The number of carbonyl (C=O) groups is 1. The van der Waals surface area contributed by atoms with Crippen LogP contribution >= 0.6 is 0 Å². The van der Waals surface area contributed by atoms with Crippen molar-refractivity contribution in [3.63, 3.8) is 0 Å². The van der Waals surface area contributed by atoms with Crippen LogP contribution in [-0.2, 0) is 14.8 Å². The van der Waals surface area contributed by atoms with Crippen molar-refractivity contribution in [3.8, 4) is 0 Å². The van der Waals surface area contributed by atoms with Crippen molar-refractivity contribution < 1.29 is 13.2 Å². The summed E-state index contributed by atoms with van der Waals surface area (Å²) in [5, 5.41) is 3.53. The molecule has 0 unspecified atom stereocenters. The zero-order valence-corrected chi connectivity index (χ0v) is 18.6. The highest BCUT2D eigenvalue weighted by Gasteiger charge is 2.49. The van der Waals surface area contributed by atoms with Crippen molar-refractivity contribution in [1.82, 2.24) is 14.5 Å². The van der Waals surface area contributed by atoms with E-state index < -0.39 is 10.0 Å². The van der Waals surface area contributed by atoms with Gasteiger partial charge in [0.05, 0.1) is 12.3 Å². The van der Waals surface area contributed by atoms with Crippen molar-refractivity contribution in [1.29, 1.82) is 0 Å². The van der Waals surface area contributed by atoms with E-state index in [4.69, 9.17) is 0 Å². The van der Waals surface area contributed by atoms with Gasteiger partial charge in [0.2, 0.25) is 15.9 Å². The number of hydrogen-bond acceptors (Lipinski definition) is 4. The van der Waals surface area contributed by atoms with Gasteiger partial charge in [0, 0.05) is 25.7 Å². The van der Waals surface area contributed by atoms with Crippen LogP contribution in [0.3, 0.4) is 0 Å². The number of nitrogens with one attached hydrogen (secondary N) is 1. The van der Waals surface area contributed by atoms with Crippen LogP contribution in [0.5, 0.6) is 0 Å². The van der Waals surface area contributed by atoms with Crippen LogP contribution in [0.4, 0.5) is 0 Å². The van der Waals surface area contributed by atoms with Gasteiger partial charge < -0.3 is 5.32 Å². The van der Waals surface area contributed by atoms with Crippen LogP contribution in [0.15, 0.2) is 0 Å². The minimum Gasteiger partial charge on any atom is -0.351 e. The molecule has 29 heavy (non-hydrogen) atoms. The maximum Gasteiger partial charge on any atom is 0.237 e. The smallest absolute Gasteiger partial charge is 0.237 e. The average Bonchev–Trinajstić information content (AvgIpc) is 3.12. The van der Waals surface area contributed by atoms with Gasteiger partial charge in [0.1, 0.15) is 0 Å². The van der Waals surface area contributed by atoms with Gasteiger partial charge in [0.15, 0.2) is 0 Å². The molecule has 1 N–H and O–H groups in total. The molecule has 0 spiro atoms. The van der Waals surface area contributed by atoms with Crippen LogP contribution in [-0.4, -0.2) is 68.0 Å². The quantitative estimate of drug-likeness (QED) is 0.735. The lowest BCUT2D eigenvalue weighted by Crippen LogP contribution is -2.58. The Kier molecular flexibility index (Phi) is 5.44. The van der Waals surface area contributed by atoms with E-state index in [2.05, 4.69) is 10.2 Å². The second-order valence-corrected chi connectivity index (χ2v) is 12.7. The molecule has 2 aliphatic heterocycles. The first-order chi connectivity index (χ1) is 13.9. The second-order valence-electron chi connectivity index (χ2n) is 10.7. The van der Waals surface area contributed by atoms with Gasteiger partial charge in [0.25, 0.3) is 0 Å². The lowest BCUT2D eigenvalue weighted by molar-refractivity contribution is -0.129. The summed E-state index contributed by atoms with van der Waals surface area (Å²) in [4.78, 5) is 15.6. The highest BCUT2D eigenvalue weighted by molar-refractivity contribution is 7.88. The van der Waals surface area contributed by atoms with Gasteiger partial charge in [-0.2, -0.15) is 0 Å². The van der Waals surface area contributed by atoms with Crippen molar-refractivity contribution >= 4 is 15.9 Å². The second kappa shape index (κ2) is 7.79. The summed E-state index contributed by atoms with van der Waals surface area (Å²) in [7, 11) is -3.07. The fraction of sp³-hybridized carbons (Fsp3) is 0.955. The molecule has 2 saturated heterocycles. The molecule has 2 heterocycles. The number of sulfonamides is 1. The summed E-state index contributed by atoms with van der Waals surface area (Å²) in [6, 6.07) is 0.455. The fourth-order valence-electron chi connectivity index (χ4n) is 7.52. The normalized spacial score (nSPS) is 41.1. The molecule has 6 rings (SSSR count). The molecule has 1 atom stereocenters. The summed E-state index contributed by atoms with van der Waals surface area (Å²) in [6.07, 6.45) is 12.0. The lowest BCUT2D eigenvalue weighted by Gasteiger charge is -2.54. The summed E-state index contributed by atoms with van der Waals surface area (Å²) < 4.78 is 25.1. The number of rotatable bonds is 5. The monoisotopic (exact) mass is 423 g/mol. The molecular weight excluding hydrogens is 386 g/mol. The molecular formula is C22H37N3O3S. The van der Waals surface area contributed by atoms with Crippen LogP contribution in [0.25, 0.3) is 0 Å². The van der Waals surface area contributed by atoms with E-state index in [0.29, 0.717) is 25.0 Å². The maximum atomic E-state index is 13.2. The molecule has 4 saturated carbocycles. The molecule has 164 valence electrons. The Bertz CT molecular complexity index is 704. The molecule has 1 amide bonds. The van der Waals surface area contributed by atoms with Crippen molar-refractivity contribution in [2.75, 3.05) is 32.4 Å². The van der Waals surface area contributed by atoms with Gasteiger partial charge >= 0.3 is 0 Å². The topological polar surface area (TPSA) is 69.7 Å². The van der Waals surface area contributed by atoms with Gasteiger partial charge in [-0.05, 0) is 93.9 Å². The van der Waals surface area contributed by atoms with E-state index in [1.54, 1.807) is 4.31 Å². The first-order valence-corrected chi connectivity index (χ1v) is 13.7. The fourth-order valence-corrected chi connectivity index (χ4v) is 8.39. The molecule has 4 bridgehead atoms. The van der Waals surface area contributed by atoms with Gasteiger partial charge in [-0.15, -0.1) is 0 Å². The minimum atomic E-state index is -3.07. The van der Waals surface area contributed by atoms with Gasteiger partial charge in [-0.25, -0.2) is 12.7 Å². The zero-order chi connectivity index (χ0) is 20.2. The summed E-state index contributed by atoms with van der Waals surface area (Å²) in [5.41, 5.74) is 0. The largest absolute Gasteiger partial charge is 0.351 e. The minimum absolute atomic E-state index is 0.0279. The first kappa shape index (κ1) is 20.3. The number of nitrogens with zero attached hydrogens (tertiary/aromatic N) is 2. The van der Waals surface area contributed by atoms with Gasteiger partial charge in [-0.1, -0.05) is 0 Å². The number of amides is 1. The zero-order valence-electron chi connectivity index (χ0n) is 17.8. The predicted octanol–water partition coefficient (Wildman–Crippen LogP) is 2.06. The molecule has 0 aromatic heterocycles. The standard InChI is InChI=1S/C22H37N3O3S/c1-29(27,28)25-7-4-15(5-8-25)14-24-6-2-3-20(24)22(26)23-21-18-10-16-9-17(12-18)13-19(21)11-16/h15-21H,2-14H2,1H3,(H,23,26)/t16?,17?,18?,19?,20-,21?/m0/s1. The first-order valence-electron chi connectivity index (χ1n) is 11.9. The average molecular weight is 424 g/mol. The summed E-state index contributed by atoms with van der Waals surface area (Å²) >= 11 is 0. The Hall–Kier alpha value is -0.660. The van der Waals surface area contributed by atoms with Crippen LogP contribution in [0, 0.1) is 29.6 Å². The van der Waals surface area contributed by atoms with E-state index in [-0.39, 0.29) is 11.9 Å². The van der Waals surface area contributed by atoms with E-state index in [1.165, 1.54) is 38.4 Å². The summed E-state index contributed by atoms with van der Waals surface area (Å²) in [5.74, 6) is 4.10. The number of hydrogen-bond donors (Lipinski definition) is 1. The number of likely N-dealkylation sites (tertiary alicyclic amines) is 1. The van der Waals surface area contributed by atoms with Crippen LogP contribution < -0.4 is 5.32 Å². The Morgan fingerprint density at radius 2 is 1.55 bits per heavy atom. The van der Waals surface area contributed by atoms with E-state index >= 15 is 0 Å². The number of carbonyl (C=O) groups excluding carboxylic acids is 1. The van der Waals surface area contributed by atoms with E-state index in [1.807, 2.05) is 0 Å². The maximum absolute atomic E-state index is 13.2. The third-order valence-corrected chi connectivity index (χ3v) is 10.0. The molecule has 7 heteroatoms. The van der Waals surface area contributed by atoms with Crippen molar-refractivity contribution in [2.24, 2.45) is 29.6 Å². The summed E-state index contributed by atoms with van der Waals surface area (Å²) in [6.45, 7) is 3.20. The Morgan fingerprint density at radius 3 is 2.14 bits per heavy atom. The highest BCUT2D eigenvalue weighted by Crippen LogP contribution is 2.53.